The van der Waals surface area contributed by atoms with E-state index in [0.29, 0.717) is 11.1 Å². The molecule has 2 nitrogen and oxygen atoms in total. The highest BCUT2D eigenvalue weighted by molar-refractivity contribution is 5.81. The standard InChI is InChI=1S/C9H4NO/c10-6-8-3-1-2-7-4-5-11-9(7)8/h1-3,5H. The molecule has 0 bridgehead atoms. The van der Waals surface area contributed by atoms with Crippen molar-refractivity contribution >= 4 is 11.0 Å². The van der Waals surface area contributed by atoms with Crippen LogP contribution in [0.3, 0.4) is 0 Å². The fourth-order valence-electron chi connectivity index (χ4n) is 1.02. The second-order valence-electron chi connectivity index (χ2n) is 2.17. The Kier molecular flexibility index (Phi) is 1.16. The first-order chi connectivity index (χ1) is 5.42. The van der Waals surface area contributed by atoms with Crippen LogP contribution in [-0.2, 0) is 0 Å². The van der Waals surface area contributed by atoms with Crippen LogP contribution in [0.1, 0.15) is 5.56 Å². The van der Waals surface area contributed by atoms with Crippen molar-refractivity contribution in [3.63, 3.8) is 0 Å². The molecule has 1 aromatic heterocycles. The highest BCUT2D eigenvalue weighted by Crippen LogP contribution is 2.17. The number of rotatable bonds is 0. The SMILES string of the molecule is N#Cc1cccc2[c]coc12. The third-order valence-corrected chi connectivity index (χ3v) is 1.53. The van der Waals surface area contributed by atoms with Crippen LogP contribution in [0.15, 0.2) is 28.9 Å². The molecule has 0 fully saturated rings. The molecule has 2 heteroatoms. The van der Waals surface area contributed by atoms with E-state index < -0.39 is 0 Å². The van der Waals surface area contributed by atoms with Crippen LogP contribution in [0, 0.1) is 17.4 Å². The van der Waals surface area contributed by atoms with Gasteiger partial charge in [0.15, 0.2) is 5.58 Å². The van der Waals surface area contributed by atoms with Crippen LogP contribution < -0.4 is 0 Å². The van der Waals surface area contributed by atoms with Crippen LogP contribution in [0.5, 0.6) is 0 Å². The van der Waals surface area contributed by atoms with Gasteiger partial charge in [-0.2, -0.15) is 5.26 Å². The Morgan fingerprint density at radius 1 is 1.45 bits per heavy atom. The molecule has 2 rings (SSSR count). The van der Waals surface area contributed by atoms with E-state index in [0.717, 1.165) is 5.39 Å². The molecule has 51 valence electrons. The van der Waals surface area contributed by atoms with Crippen molar-refractivity contribution in [3.8, 4) is 6.07 Å². The van der Waals surface area contributed by atoms with Crippen LogP contribution >= 0.6 is 0 Å². The maximum atomic E-state index is 8.63. The maximum Gasteiger partial charge on any atom is 0.152 e. The Labute approximate surface area is 63.7 Å². The normalized spacial score (nSPS) is 9.73. The van der Waals surface area contributed by atoms with E-state index >= 15 is 0 Å². The zero-order chi connectivity index (χ0) is 7.68. The fourth-order valence-corrected chi connectivity index (χ4v) is 1.02. The van der Waals surface area contributed by atoms with Crippen molar-refractivity contribution in [2.45, 2.75) is 0 Å². The summed E-state index contributed by atoms with van der Waals surface area (Å²) < 4.78 is 5.06. The lowest BCUT2D eigenvalue weighted by molar-refractivity contribution is 0.614. The minimum absolute atomic E-state index is 0.559. The largest absolute Gasteiger partial charge is 0.462 e. The van der Waals surface area contributed by atoms with Gasteiger partial charge in [0.1, 0.15) is 6.07 Å². The predicted molar refractivity (Wildman–Crippen MR) is 39.8 cm³/mol. The van der Waals surface area contributed by atoms with Crippen molar-refractivity contribution in [2.24, 2.45) is 0 Å². The molecule has 0 saturated heterocycles. The molecular formula is C9H4NO. The van der Waals surface area contributed by atoms with E-state index in [9.17, 15) is 0 Å². The number of para-hydroxylation sites is 1. The summed E-state index contributed by atoms with van der Waals surface area (Å²) in [5, 5.41) is 9.48. The van der Waals surface area contributed by atoms with Gasteiger partial charge in [-0.1, -0.05) is 12.1 Å². The third-order valence-electron chi connectivity index (χ3n) is 1.53. The first kappa shape index (κ1) is 5.99. The minimum Gasteiger partial charge on any atom is -0.462 e. The first-order valence-corrected chi connectivity index (χ1v) is 3.20. The average molecular weight is 142 g/mol. The van der Waals surface area contributed by atoms with Gasteiger partial charge in [0, 0.05) is 11.5 Å². The van der Waals surface area contributed by atoms with Gasteiger partial charge in [0.25, 0.3) is 0 Å². The summed E-state index contributed by atoms with van der Waals surface area (Å²) in [5.41, 5.74) is 1.18. The summed E-state index contributed by atoms with van der Waals surface area (Å²) in [6.07, 6.45) is 1.46. The smallest absolute Gasteiger partial charge is 0.152 e. The molecule has 0 unspecified atom stereocenters. The Morgan fingerprint density at radius 3 is 3.18 bits per heavy atom. The average Bonchev–Trinajstić information content (AvgIpc) is 2.50. The second kappa shape index (κ2) is 2.14. The molecule has 11 heavy (non-hydrogen) atoms. The van der Waals surface area contributed by atoms with Crippen LogP contribution in [0.2, 0.25) is 0 Å². The molecule has 1 radical (unpaired) electrons. The van der Waals surface area contributed by atoms with Crippen LogP contribution in [0.4, 0.5) is 0 Å². The van der Waals surface area contributed by atoms with Crippen molar-refractivity contribution < 1.29 is 4.42 Å². The van der Waals surface area contributed by atoms with Gasteiger partial charge in [-0.25, -0.2) is 0 Å². The summed E-state index contributed by atoms with van der Waals surface area (Å²) in [7, 11) is 0. The Balaban J connectivity index is 2.92. The molecule has 2 aromatic rings. The molecule has 0 N–H and O–H groups in total. The molecule has 1 aromatic carbocycles. The topological polar surface area (TPSA) is 36.9 Å². The molecule has 0 saturated carbocycles. The van der Waals surface area contributed by atoms with Crippen molar-refractivity contribution in [2.75, 3.05) is 0 Å². The maximum absolute atomic E-state index is 8.63. The van der Waals surface area contributed by atoms with E-state index in [1.54, 1.807) is 6.07 Å². The van der Waals surface area contributed by atoms with E-state index in [2.05, 4.69) is 6.07 Å². The molecule has 0 atom stereocenters. The lowest BCUT2D eigenvalue weighted by Gasteiger charge is -1.88. The molecule has 0 aliphatic carbocycles. The van der Waals surface area contributed by atoms with E-state index in [1.165, 1.54) is 6.26 Å². The first-order valence-electron chi connectivity index (χ1n) is 3.20. The number of hydrogen-bond acceptors (Lipinski definition) is 2. The van der Waals surface area contributed by atoms with Gasteiger partial charge in [0.2, 0.25) is 0 Å². The van der Waals surface area contributed by atoms with Crippen LogP contribution in [-0.4, -0.2) is 0 Å². The zero-order valence-corrected chi connectivity index (χ0v) is 5.66. The summed E-state index contributed by atoms with van der Waals surface area (Å²) in [6.45, 7) is 0. The van der Waals surface area contributed by atoms with Gasteiger partial charge < -0.3 is 4.42 Å². The summed E-state index contributed by atoms with van der Waals surface area (Å²) in [4.78, 5) is 0. The summed E-state index contributed by atoms with van der Waals surface area (Å²) in [5.74, 6) is 0. The quantitative estimate of drug-likeness (QED) is 0.564. The van der Waals surface area contributed by atoms with Crippen molar-refractivity contribution in [3.05, 3.63) is 36.1 Å². The highest BCUT2D eigenvalue weighted by atomic mass is 16.3. The van der Waals surface area contributed by atoms with E-state index in [1.807, 2.05) is 18.2 Å². The van der Waals surface area contributed by atoms with Gasteiger partial charge in [-0.15, -0.1) is 0 Å². The highest BCUT2D eigenvalue weighted by Gasteiger charge is 2.01. The van der Waals surface area contributed by atoms with Gasteiger partial charge in [0.05, 0.1) is 11.8 Å². The molecular weight excluding hydrogens is 138 g/mol. The Hall–Kier alpha value is -1.75. The molecule has 0 aliphatic rings. The lowest BCUT2D eigenvalue weighted by atomic mass is 10.2. The zero-order valence-electron chi connectivity index (χ0n) is 5.66. The minimum atomic E-state index is 0.559. The van der Waals surface area contributed by atoms with Crippen LogP contribution in [0.25, 0.3) is 11.0 Å². The van der Waals surface area contributed by atoms with Gasteiger partial charge in [-0.05, 0) is 6.07 Å². The lowest BCUT2D eigenvalue weighted by Crippen LogP contribution is -1.72. The summed E-state index contributed by atoms with van der Waals surface area (Å²) in [6, 6.07) is 10.3. The Morgan fingerprint density at radius 2 is 2.36 bits per heavy atom. The number of hydrogen-bond donors (Lipinski definition) is 0. The van der Waals surface area contributed by atoms with Crippen molar-refractivity contribution in [1.82, 2.24) is 0 Å². The third kappa shape index (κ3) is 0.786. The molecule has 0 amide bonds. The molecule has 1 heterocycles. The fraction of sp³-hybridized carbons (Fsp3) is 0. The molecule has 0 aliphatic heterocycles. The van der Waals surface area contributed by atoms with E-state index in [-0.39, 0.29) is 0 Å². The van der Waals surface area contributed by atoms with Gasteiger partial charge in [-0.3, -0.25) is 0 Å². The number of nitrogens with zero attached hydrogens (tertiary/aromatic N) is 1. The predicted octanol–water partition coefficient (Wildman–Crippen LogP) is 2.10. The number of nitriles is 1. The monoisotopic (exact) mass is 142 g/mol. The molecule has 0 spiro atoms. The number of furan rings is 1. The number of benzene rings is 1. The van der Waals surface area contributed by atoms with Crippen molar-refractivity contribution in [1.29, 1.82) is 5.26 Å². The Bertz CT molecular complexity index is 422. The summed E-state index contributed by atoms with van der Waals surface area (Å²) >= 11 is 0. The van der Waals surface area contributed by atoms with E-state index in [4.69, 9.17) is 9.68 Å². The second-order valence-corrected chi connectivity index (χ2v) is 2.17. The van der Waals surface area contributed by atoms with Gasteiger partial charge >= 0.3 is 0 Å². The number of fused-ring (bicyclic) bond motifs is 1.